The number of hydrogen-bond donors (Lipinski definition) is 2. The number of benzene rings is 2. The molecule has 0 fully saturated rings. The van der Waals surface area contributed by atoms with Crippen molar-refractivity contribution < 1.29 is 14.5 Å². The maximum Gasteiger partial charge on any atom is 0.271 e. The Hall–Kier alpha value is -3.22. The number of amides is 1. The summed E-state index contributed by atoms with van der Waals surface area (Å²) in [5, 5.41) is 16.2. The largest absolute Gasteiger partial charge is 0.376 e. The molecule has 1 amide bonds. The lowest BCUT2D eigenvalue weighted by Crippen LogP contribution is -2.21. The van der Waals surface area contributed by atoms with E-state index in [1.165, 1.54) is 25.1 Å². The summed E-state index contributed by atoms with van der Waals surface area (Å²) < 4.78 is 0. The molecule has 0 aliphatic rings. The maximum atomic E-state index is 11.8. The summed E-state index contributed by atoms with van der Waals surface area (Å²) >= 11 is 0. The Kier molecular flexibility index (Phi) is 5.03. The highest BCUT2D eigenvalue weighted by Gasteiger charge is 2.08. The highest BCUT2D eigenvalue weighted by molar-refractivity contribution is 5.95. The quantitative estimate of drug-likeness (QED) is 0.485. The highest BCUT2D eigenvalue weighted by atomic mass is 16.6. The number of non-ortho nitro benzene ring substituents is 1. The van der Waals surface area contributed by atoms with Gasteiger partial charge >= 0.3 is 0 Å². The first kappa shape index (κ1) is 16.2. The number of nitro groups is 1. The van der Waals surface area contributed by atoms with Crippen LogP contribution in [0.15, 0.2) is 48.5 Å². The van der Waals surface area contributed by atoms with Gasteiger partial charge in [-0.3, -0.25) is 19.7 Å². The fourth-order valence-corrected chi connectivity index (χ4v) is 1.91. The molecule has 7 nitrogen and oxygen atoms in total. The molecule has 0 unspecified atom stereocenters. The van der Waals surface area contributed by atoms with Gasteiger partial charge in [-0.05, 0) is 37.3 Å². The van der Waals surface area contributed by atoms with E-state index in [2.05, 4.69) is 10.6 Å². The Morgan fingerprint density at radius 2 is 1.78 bits per heavy atom. The lowest BCUT2D eigenvalue weighted by Gasteiger charge is -2.08. The zero-order valence-corrected chi connectivity index (χ0v) is 12.4. The number of Topliss-reactive ketones (excluding diaryl/α,β-unsaturated/α-hetero) is 1. The van der Waals surface area contributed by atoms with Crippen LogP contribution in [-0.4, -0.2) is 23.2 Å². The van der Waals surface area contributed by atoms with Crippen molar-refractivity contribution in [2.75, 3.05) is 17.2 Å². The third kappa shape index (κ3) is 4.63. The zero-order valence-electron chi connectivity index (χ0n) is 12.4. The van der Waals surface area contributed by atoms with Crippen LogP contribution < -0.4 is 10.6 Å². The number of rotatable bonds is 6. The Morgan fingerprint density at radius 3 is 2.39 bits per heavy atom. The van der Waals surface area contributed by atoms with Gasteiger partial charge in [0.1, 0.15) is 0 Å². The second-order valence-corrected chi connectivity index (χ2v) is 4.84. The summed E-state index contributed by atoms with van der Waals surface area (Å²) in [4.78, 5) is 33.2. The lowest BCUT2D eigenvalue weighted by atomic mass is 10.1. The van der Waals surface area contributed by atoms with Gasteiger partial charge in [0.25, 0.3) is 5.69 Å². The molecule has 2 aromatic rings. The maximum absolute atomic E-state index is 11.8. The molecule has 0 saturated heterocycles. The fraction of sp³-hybridized carbons (Fsp3) is 0.125. The monoisotopic (exact) mass is 313 g/mol. The SMILES string of the molecule is CC(=O)c1ccc(NCC(=O)Nc2cccc([N+](=O)[O-])c2)cc1. The van der Waals surface area contributed by atoms with E-state index < -0.39 is 4.92 Å². The third-order valence-corrected chi connectivity index (χ3v) is 3.09. The second-order valence-electron chi connectivity index (χ2n) is 4.84. The standard InChI is InChI=1S/C16H15N3O4/c1-11(20)12-5-7-13(8-6-12)17-10-16(21)18-14-3-2-4-15(9-14)19(22)23/h2-9,17H,10H2,1H3,(H,18,21). The number of nitro benzene ring substituents is 1. The van der Waals surface area contributed by atoms with Gasteiger partial charge < -0.3 is 10.6 Å². The van der Waals surface area contributed by atoms with Crippen molar-refractivity contribution in [2.24, 2.45) is 0 Å². The van der Waals surface area contributed by atoms with Crippen LogP contribution in [0.3, 0.4) is 0 Å². The van der Waals surface area contributed by atoms with Crippen molar-refractivity contribution in [2.45, 2.75) is 6.92 Å². The molecule has 0 saturated carbocycles. The van der Waals surface area contributed by atoms with E-state index in [1.807, 2.05) is 0 Å². The number of hydrogen-bond acceptors (Lipinski definition) is 5. The van der Waals surface area contributed by atoms with Crippen molar-refractivity contribution >= 4 is 28.8 Å². The molecule has 118 valence electrons. The normalized spacial score (nSPS) is 9.96. The fourth-order valence-electron chi connectivity index (χ4n) is 1.91. The average Bonchev–Trinajstić information content (AvgIpc) is 2.53. The number of carbonyl (C=O) groups excluding carboxylic acids is 2. The summed E-state index contributed by atoms with van der Waals surface area (Å²) in [7, 11) is 0. The minimum absolute atomic E-state index is 0.00209. The van der Waals surface area contributed by atoms with Crippen molar-refractivity contribution in [3.63, 3.8) is 0 Å². The number of nitrogens with one attached hydrogen (secondary N) is 2. The Balaban J connectivity index is 1.91. The van der Waals surface area contributed by atoms with E-state index >= 15 is 0 Å². The average molecular weight is 313 g/mol. The second kappa shape index (κ2) is 7.17. The van der Waals surface area contributed by atoms with Gasteiger partial charge in [0.05, 0.1) is 11.5 Å². The van der Waals surface area contributed by atoms with E-state index in [0.29, 0.717) is 16.9 Å². The number of ketones is 1. The summed E-state index contributed by atoms with van der Waals surface area (Å²) in [5.74, 6) is -0.360. The summed E-state index contributed by atoms with van der Waals surface area (Å²) in [6, 6.07) is 12.5. The predicted octanol–water partition coefficient (Wildman–Crippen LogP) is 2.85. The van der Waals surface area contributed by atoms with Crippen LogP contribution in [0.1, 0.15) is 17.3 Å². The number of nitrogens with zero attached hydrogens (tertiary/aromatic N) is 1. The Morgan fingerprint density at radius 1 is 1.09 bits per heavy atom. The van der Waals surface area contributed by atoms with Crippen LogP contribution in [0.2, 0.25) is 0 Å². The van der Waals surface area contributed by atoms with Crippen LogP contribution in [-0.2, 0) is 4.79 Å². The topological polar surface area (TPSA) is 101 Å². The smallest absolute Gasteiger partial charge is 0.271 e. The van der Waals surface area contributed by atoms with Gasteiger partial charge in [-0.1, -0.05) is 6.07 Å². The zero-order chi connectivity index (χ0) is 16.8. The van der Waals surface area contributed by atoms with Crippen molar-refractivity contribution in [3.8, 4) is 0 Å². The molecule has 2 rings (SSSR count). The first-order valence-corrected chi connectivity index (χ1v) is 6.85. The Bertz CT molecular complexity index is 741. The van der Waals surface area contributed by atoms with Crippen LogP contribution in [0.5, 0.6) is 0 Å². The van der Waals surface area contributed by atoms with Crippen molar-refractivity contribution in [1.82, 2.24) is 0 Å². The molecule has 0 aliphatic heterocycles. The molecule has 7 heteroatoms. The van der Waals surface area contributed by atoms with Crippen LogP contribution in [0.4, 0.5) is 17.1 Å². The van der Waals surface area contributed by atoms with Crippen LogP contribution in [0.25, 0.3) is 0 Å². The van der Waals surface area contributed by atoms with Gasteiger partial charge in [0.2, 0.25) is 5.91 Å². The minimum Gasteiger partial charge on any atom is -0.376 e. The van der Waals surface area contributed by atoms with Gasteiger partial charge in [-0.2, -0.15) is 0 Å². The third-order valence-electron chi connectivity index (χ3n) is 3.09. The molecule has 2 aromatic carbocycles. The molecule has 0 heterocycles. The molecule has 0 aliphatic carbocycles. The molecule has 2 N–H and O–H groups in total. The summed E-state index contributed by atoms with van der Waals surface area (Å²) in [6.07, 6.45) is 0. The summed E-state index contributed by atoms with van der Waals surface area (Å²) in [6.45, 7) is 1.48. The van der Waals surface area contributed by atoms with Gasteiger partial charge in [0, 0.05) is 29.1 Å². The number of anilines is 2. The van der Waals surface area contributed by atoms with Gasteiger partial charge in [0.15, 0.2) is 5.78 Å². The van der Waals surface area contributed by atoms with Crippen molar-refractivity contribution in [3.05, 3.63) is 64.2 Å². The molecule has 0 atom stereocenters. The molecular weight excluding hydrogens is 298 g/mol. The van der Waals surface area contributed by atoms with Gasteiger partial charge in [-0.25, -0.2) is 0 Å². The first-order valence-electron chi connectivity index (χ1n) is 6.85. The molecule has 0 aromatic heterocycles. The molecule has 23 heavy (non-hydrogen) atoms. The van der Waals surface area contributed by atoms with E-state index in [4.69, 9.17) is 0 Å². The molecule has 0 spiro atoms. The number of carbonyl (C=O) groups is 2. The first-order chi connectivity index (χ1) is 11.0. The molecule has 0 radical (unpaired) electrons. The lowest BCUT2D eigenvalue weighted by molar-refractivity contribution is -0.384. The van der Waals surface area contributed by atoms with E-state index in [9.17, 15) is 19.7 Å². The van der Waals surface area contributed by atoms with E-state index in [0.717, 1.165) is 0 Å². The summed E-state index contributed by atoms with van der Waals surface area (Å²) in [5.41, 5.74) is 1.56. The van der Waals surface area contributed by atoms with Crippen LogP contribution in [0, 0.1) is 10.1 Å². The Labute approximate surface area is 132 Å². The molecular formula is C16H15N3O4. The van der Waals surface area contributed by atoms with E-state index in [1.54, 1.807) is 30.3 Å². The minimum atomic E-state index is -0.523. The highest BCUT2D eigenvalue weighted by Crippen LogP contribution is 2.17. The molecule has 0 bridgehead atoms. The van der Waals surface area contributed by atoms with Crippen LogP contribution >= 0.6 is 0 Å². The predicted molar refractivity (Wildman–Crippen MR) is 86.7 cm³/mol. The van der Waals surface area contributed by atoms with Gasteiger partial charge in [-0.15, -0.1) is 0 Å². The van der Waals surface area contributed by atoms with Crippen molar-refractivity contribution in [1.29, 1.82) is 0 Å². The van der Waals surface area contributed by atoms with E-state index in [-0.39, 0.29) is 23.9 Å².